The van der Waals surface area contributed by atoms with Crippen molar-refractivity contribution < 1.29 is 18.7 Å². The highest BCUT2D eigenvalue weighted by atomic mass is 16.5. The number of aromatic nitrogens is 1. The third-order valence-corrected chi connectivity index (χ3v) is 6.64. The molecule has 0 saturated heterocycles. The summed E-state index contributed by atoms with van der Waals surface area (Å²) in [5.41, 5.74) is 7.90. The monoisotopic (exact) mass is 441 g/mol. The number of rotatable bonds is 6. The maximum absolute atomic E-state index is 11.7. The van der Waals surface area contributed by atoms with Crippen molar-refractivity contribution in [3.63, 3.8) is 0 Å². The van der Waals surface area contributed by atoms with Crippen molar-refractivity contribution in [1.29, 1.82) is 0 Å². The van der Waals surface area contributed by atoms with E-state index in [1.165, 1.54) is 29.4 Å². The van der Waals surface area contributed by atoms with Gasteiger partial charge in [0.2, 0.25) is 5.71 Å². The third kappa shape index (κ3) is 3.99. The van der Waals surface area contributed by atoms with Gasteiger partial charge in [0.1, 0.15) is 11.5 Å². The van der Waals surface area contributed by atoms with Crippen LogP contribution in [0.2, 0.25) is 0 Å². The van der Waals surface area contributed by atoms with Crippen molar-refractivity contribution in [2.75, 3.05) is 13.7 Å². The Bertz CT molecular complexity index is 1340. The van der Waals surface area contributed by atoms with E-state index in [0.717, 1.165) is 40.9 Å². The van der Waals surface area contributed by atoms with Crippen molar-refractivity contribution in [3.8, 4) is 16.9 Å². The second kappa shape index (κ2) is 8.74. The van der Waals surface area contributed by atoms with Crippen LogP contribution in [0.4, 0.5) is 0 Å². The number of ether oxygens (including phenoxy) is 2. The van der Waals surface area contributed by atoms with Crippen LogP contribution >= 0.6 is 0 Å². The largest absolute Gasteiger partial charge is 0.493 e. The standard InChI is InChI=1S/C28H27NO4/c1-17-20(6-4-7-22(17)27-18(2)33-28-24(27)8-5-13-29-28)11-9-19-10-12-23-21(15-26(30)31-3)16-32-25(23)14-19/h4-8,10,12-14,21H,9,11,15-16H2,1-3H3/t21-/m1/s1. The van der Waals surface area contributed by atoms with Gasteiger partial charge >= 0.3 is 5.97 Å². The number of esters is 1. The Hall–Kier alpha value is -3.60. The van der Waals surface area contributed by atoms with Crippen LogP contribution in [0.3, 0.4) is 0 Å². The first-order chi connectivity index (χ1) is 16.0. The Morgan fingerprint density at radius 3 is 2.85 bits per heavy atom. The lowest BCUT2D eigenvalue weighted by molar-refractivity contribution is -0.141. The molecule has 0 saturated carbocycles. The molecule has 3 heterocycles. The van der Waals surface area contributed by atoms with E-state index in [9.17, 15) is 4.79 Å². The summed E-state index contributed by atoms with van der Waals surface area (Å²) in [6.07, 6.45) is 3.95. The van der Waals surface area contributed by atoms with E-state index >= 15 is 0 Å². The first-order valence-electron chi connectivity index (χ1n) is 11.3. The van der Waals surface area contributed by atoms with Crippen LogP contribution in [0.5, 0.6) is 5.75 Å². The van der Waals surface area contributed by atoms with E-state index in [1.807, 2.05) is 13.0 Å². The second-order valence-electron chi connectivity index (χ2n) is 8.64. The SMILES string of the molecule is COC(=O)C[C@@H]1COc2cc(CCc3cccc(-c4c(C)oc5ncccc45)c3C)ccc21. The molecule has 2 aromatic carbocycles. The molecule has 0 unspecified atom stereocenters. The number of methoxy groups -OCH3 is 1. The molecule has 33 heavy (non-hydrogen) atoms. The topological polar surface area (TPSA) is 61.6 Å². The molecule has 1 atom stereocenters. The minimum Gasteiger partial charge on any atom is -0.493 e. The fraction of sp³-hybridized carbons (Fsp3) is 0.286. The van der Waals surface area contributed by atoms with E-state index in [-0.39, 0.29) is 11.9 Å². The summed E-state index contributed by atoms with van der Waals surface area (Å²) in [6.45, 7) is 4.71. The Morgan fingerprint density at radius 1 is 1.12 bits per heavy atom. The zero-order chi connectivity index (χ0) is 22.9. The molecular formula is C28H27NO4. The lowest BCUT2D eigenvalue weighted by atomic mass is 9.91. The van der Waals surface area contributed by atoms with Gasteiger partial charge in [-0.05, 0) is 67.1 Å². The molecule has 0 bridgehead atoms. The second-order valence-corrected chi connectivity index (χ2v) is 8.64. The first kappa shape index (κ1) is 21.3. The van der Waals surface area contributed by atoms with E-state index in [0.29, 0.717) is 18.7 Å². The van der Waals surface area contributed by atoms with Crippen molar-refractivity contribution >= 4 is 17.1 Å². The third-order valence-electron chi connectivity index (χ3n) is 6.64. The summed E-state index contributed by atoms with van der Waals surface area (Å²) >= 11 is 0. The molecule has 2 aromatic heterocycles. The minimum absolute atomic E-state index is 0.0722. The average Bonchev–Trinajstić information content (AvgIpc) is 3.38. The molecule has 5 nitrogen and oxygen atoms in total. The van der Waals surface area contributed by atoms with Gasteiger partial charge in [0.25, 0.3) is 0 Å². The number of carbonyl (C=O) groups is 1. The van der Waals surface area contributed by atoms with E-state index in [2.05, 4.69) is 54.4 Å². The van der Waals surface area contributed by atoms with Gasteiger partial charge in [0.05, 0.1) is 20.1 Å². The number of carbonyl (C=O) groups excluding carboxylic acids is 1. The fourth-order valence-electron chi connectivity index (χ4n) is 4.82. The predicted octanol–water partition coefficient (Wildman–Crippen LogP) is 5.94. The lowest BCUT2D eigenvalue weighted by Crippen LogP contribution is -2.09. The highest BCUT2D eigenvalue weighted by Crippen LogP contribution is 2.38. The zero-order valence-electron chi connectivity index (χ0n) is 19.2. The molecule has 0 amide bonds. The van der Waals surface area contributed by atoms with Crippen molar-refractivity contribution in [1.82, 2.24) is 4.98 Å². The number of nitrogens with zero attached hydrogens (tertiary/aromatic N) is 1. The van der Waals surface area contributed by atoms with Crippen LogP contribution < -0.4 is 4.74 Å². The molecule has 0 N–H and O–H groups in total. The lowest BCUT2D eigenvalue weighted by Gasteiger charge is -2.12. The Balaban J connectivity index is 1.36. The highest BCUT2D eigenvalue weighted by molar-refractivity contribution is 5.94. The molecule has 168 valence electrons. The van der Waals surface area contributed by atoms with Gasteiger partial charge in [0, 0.05) is 28.6 Å². The zero-order valence-corrected chi connectivity index (χ0v) is 19.2. The number of hydrogen-bond acceptors (Lipinski definition) is 5. The summed E-state index contributed by atoms with van der Waals surface area (Å²) in [7, 11) is 1.42. The van der Waals surface area contributed by atoms with E-state index in [4.69, 9.17) is 13.9 Å². The first-order valence-corrected chi connectivity index (χ1v) is 11.3. The Kier molecular flexibility index (Phi) is 5.63. The molecule has 0 spiro atoms. The molecule has 1 aliphatic rings. The molecule has 0 aliphatic carbocycles. The minimum atomic E-state index is -0.202. The van der Waals surface area contributed by atoms with Gasteiger partial charge in [-0.15, -0.1) is 0 Å². The maximum Gasteiger partial charge on any atom is 0.306 e. The van der Waals surface area contributed by atoms with Crippen LogP contribution in [-0.4, -0.2) is 24.7 Å². The van der Waals surface area contributed by atoms with Gasteiger partial charge in [0.15, 0.2) is 0 Å². The van der Waals surface area contributed by atoms with E-state index in [1.54, 1.807) is 6.20 Å². The number of benzene rings is 2. The number of furan rings is 1. The number of aryl methyl sites for hydroxylation is 3. The molecule has 0 radical (unpaired) electrons. The summed E-state index contributed by atoms with van der Waals surface area (Å²) < 4.78 is 16.6. The molecule has 1 aliphatic heterocycles. The smallest absolute Gasteiger partial charge is 0.306 e. The van der Waals surface area contributed by atoms with Crippen molar-refractivity contribution in [2.24, 2.45) is 0 Å². The maximum atomic E-state index is 11.7. The molecule has 0 fully saturated rings. The molecular weight excluding hydrogens is 414 g/mol. The number of fused-ring (bicyclic) bond motifs is 2. The van der Waals surface area contributed by atoms with Crippen LogP contribution in [0.15, 0.2) is 59.1 Å². The van der Waals surface area contributed by atoms with Crippen LogP contribution in [0.1, 0.15) is 40.4 Å². The van der Waals surface area contributed by atoms with Crippen LogP contribution in [0, 0.1) is 13.8 Å². The number of hydrogen-bond donors (Lipinski definition) is 0. The van der Waals surface area contributed by atoms with Gasteiger partial charge in [-0.1, -0.05) is 30.3 Å². The Labute approximate surface area is 193 Å². The summed E-state index contributed by atoms with van der Waals surface area (Å²) in [6, 6.07) is 16.9. The van der Waals surface area contributed by atoms with Crippen LogP contribution in [0.25, 0.3) is 22.2 Å². The van der Waals surface area contributed by atoms with Crippen molar-refractivity contribution in [3.05, 3.63) is 82.7 Å². The molecule has 5 heteroatoms. The normalized spacial score (nSPS) is 14.8. The molecule has 5 rings (SSSR count). The summed E-state index contributed by atoms with van der Waals surface area (Å²) in [5, 5.41) is 1.05. The van der Waals surface area contributed by atoms with Gasteiger partial charge < -0.3 is 13.9 Å². The predicted molar refractivity (Wildman–Crippen MR) is 128 cm³/mol. The number of pyridine rings is 1. The highest BCUT2D eigenvalue weighted by Gasteiger charge is 2.27. The fourth-order valence-corrected chi connectivity index (χ4v) is 4.82. The average molecular weight is 442 g/mol. The van der Waals surface area contributed by atoms with Gasteiger partial charge in [-0.2, -0.15) is 0 Å². The van der Waals surface area contributed by atoms with Gasteiger partial charge in [-0.25, -0.2) is 4.98 Å². The summed E-state index contributed by atoms with van der Waals surface area (Å²) in [5.74, 6) is 1.65. The summed E-state index contributed by atoms with van der Waals surface area (Å²) in [4.78, 5) is 16.0. The van der Waals surface area contributed by atoms with Gasteiger partial charge in [-0.3, -0.25) is 4.79 Å². The molecule has 4 aromatic rings. The Morgan fingerprint density at radius 2 is 2.00 bits per heavy atom. The van der Waals surface area contributed by atoms with E-state index < -0.39 is 0 Å². The quantitative estimate of drug-likeness (QED) is 0.347. The van der Waals surface area contributed by atoms with Crippen LogP contribution in [-0.2, 0) is 22.4 Å². The van der Waals surface area contributed by atoms with Crippen molar-refractivity contribution in [2.45, 2.75) is 39.0 Å².